The zero-order valence-corrected chi connectivity index (χ0v) is 10.5. The van der Waals surface area contributed by atoms with E-state index in [0.29, 0.717) is 5.41 Å². The van der Waals surface area contributed by atoms with Crippen LogP contribution >= 0.6 is 0 Å². The van der Waals surface area contributed by atoms with E-state index in [0.717, 1.165) is 6.61 Å². The summed E-state index contributed by atoms with van der Waals surface area (Å²) in [5.41, 5.74) is 0.605. The quantitative estimate of drug-likeness (QED) is 0.626. The molecule has 1 saturated carbocycles. The molecular formula is C13H27NO. The minimum absolute atomic E-state index is 0.605. The van der Waals surface area contributed by atoms with Gasteiger partial charge >= 0.3 is 0 Å². The van der Waals surface area contributed by atoms with Crippen LogP contribution in [0.25, 0.3) is 0 Å². The first-order valence-electron chi connectivity index (χ1n) is 6.53. The summed E-state index contributed by atoms with van der Waals surface area (Å²) in [5, 5.41) is 3.60. The Hall–Kier alpha value is -0.0800. The van der Waals surface area contributed by atoms with E-state index >= 15 is 0 Å². The molecule has 0 heterocycles. The highest BCUT2D eigenvalue weighted by atomic mass is 16.5. The Morgan fingerprint density at radius 1 is 1.27 bits per heavy atom. The lowest BCUT2D eigenvalue weighted by Gasteiger charge is -2.29. The van der Waals surface area contributed by atoms with Gasteiger partial charge in [-0.05, 0) is 44.1 Å². The third-order valence-electron chi connectivity index (χ3n) is 3.65. The summed E-state index contributed by atoms with van der Waals surface area (Å²) in [4.78, 5) is 0. The Morgan fingerprint density at radius 2 is 2.00 bits per heavy atom. The SMILES string of the molecule is CCCNCC1(CCCOC)CCCC1. The first-order valence-corrected chi connectivity index (χ1v) is 6.53. The summed E-state index contributed by atoms with van der Waals surface area (Å²) in [6.07, 6.45) is 9.53. The largest absolute Gasteiger partial charge is 0.385 e. The molecule has 1 aliphatic rings. The molecule has 0 aliphatic heterocycles. The van der Waals surface area contributed by atoms with Crippen molar-refractivity contribution in [2.24, 2.45) is 5.41 Å². The number of rotatable bonds is 8. The molecule has 0 bridgehead atoms. The van der Waals surface area contributed by atoms with E-state index in [1.54, 1.807) is 7.11 Å². The van der Waals surface area contributed by atoms with Crippen LogP contribution in [-0.4, -0.2) is 26.8 Å². The summed E-state index contributed by atoms with van der Waals surface area (Å²) in [6.45, 7) is 5.56. The molecule has 15 heavy (non-hydrogen) atoms. The van der Waals surface area contributed by atoms with Crippen molar-refractivity contribution in [1.82, 2.24) is 5.32 Å². The van der Waals surface area contributed by atoms with E-state index in [-0.39, 0.29) is 0 Å². The van der Waals surface area contributed by atoms with Gasteiger partial charge in [0.2, 0.25) is 0 Å². The van der Waals surface area contributed by atoms with Gasteiger partial charge in [-0.3, -0.25) is 0 Å². The highest BCUT2D eigenvalue weighted by Crippen LogP contribution is 2.41. The Kier molecular flexibility index (Phi) is 6.26. The van der Waals surface area contributed by atoms with Gasteiger partial charge < -0.3 is 10.1 Å². The van der Waals surface area contributed by atoms with E-state index in [9.17, 15) is 0 Å². The zero-order valence-electron chi connectivity index (χ0n) is 10.5. The number of methoxy groups -OCH3 is 1. The fourth-order valence-electron chi connectivity index (χ4n) is 2.76. The molecule has 1 fully saturated rings. The minimum Gasteiger partial charge on any atom is -0.385 e. The molecule has 1 rings (SSSR count). The van der Waals surface area contributed by atoms with Crippen molar-refractivity contribution >= 4 is 0 Å². The number of hydrogen-bond acceptors (Lipinski definition) is 2. The number of nitrogens with one attached hydrogen (secondary N) is 1. The summed E-state index contributed by atoms with van der Waals surface area (Å²) < 4.78 is 5.15. The molecule has 1 N–H and O–H groups in total. The van der Waals surface area contributed by atoms with Crippen molar-refractivity contribution < 1.29 is 4.74 Å². The predicted octanol–water partition coefficient (Wildman–Crippen LogP) is 2.97. The lowest BCUT2D eigenvalue weighted by atomic mass is 9.81. The minimum atomic E-state index is 0.605. The smallest absolute Gasteiger partial charge is 0.0462 e. The fourth-order valence-corrected chi connectivity index (χ4v) is 2.76. The van der Waals surface area contributed by atoms with Crippen LogP contribution in [0.3, 0.4) is 0 Å². The Balaban J connectivity index is 2.26. The monoisotopic (exact) mass is 213 g/mol. The molecule has 0 aromatic carbocycles. The van der Waals surface area contributed by atoms with Crippen molar-refractivity contribution in [3.8, 4) is 0 Å². The van der Waals surface area contributed by atoms with Gasteiger partial charge in [0.05, 0.1) is 0 Å². The van der Waals surface area contributed by atoms with E-state index < -0.39 is 0 Å². The Morgan fingerprint density at radius 3 is 2.60 bits per heavy atom. The lowest BCUT2D eigenvalue weighted by Crippen LogP contribution is -2.32. The van der Waals surface area contributed by atoms with Crippen LogP contribution in [0.5, 0.6) is 0 Å². The van der Waals surface area contributed by atoms with Crippen molar-refractivity contribution in [3.05, 3.63) is 0 Å². The maximum Gasteiger partial charge on any atom is 0.0462 e. The average Bonchev–Trinajstić information content (AvgIpc) is 2.68. The van der Waals surface area contributed by atoms with Crippen LogP contribution in [0.2, 0.25) is 0 Å². The predicted molar refractivity (Wildman–Crippen MR) is 65.2 cm³/mol. The van der Waals surface area contributed by atoms with Gasteiger partial charge in [0.15, 0.2) is 0 Å². The van der Waals surface area contributed by atoms with Crippen molar-refractivity contribution in [2.45, 2.75) is 51.9 Å². The maximum atomic E-state index is 5.15. The van der Waals surface area contributed by atoms with Crippen molar-refractivity contribution in [2.75, 3.05) is 26.8 Å². The van der Waals surface area contributed by atoms with Gasteiger partial charge in [-0.15, -0.1) is 0 Å². The molecule has 2 heteroatoms. The molecule has 0 unspecified atom stereocenters. The first-order chi connectivity index (χ1) is 7.33. The van der Waals surface area contributed by atoms with Gasteiger partial charge in [0.25, 0.3) is 0 Å². The molecule has 90 valence electrons. The van der Waals surface area contributed by atoms with Gasteiger partial charge in [-0.2, -0.15) is 0 Å². The second-order valence-electron chi connectivity index (χ2n) is 4.98. The van der Waals surface area contributed by atoms with Crippen LogP contribution in [0.1, 0.15) is 51.9 Å². The zero-order chi connectivity index (χ0) is 11.0. The van der Waals surface area contributed by atoms with Crippen LogP contribution in [-0.2, 0) is 4.74 Å². The molecule has 0 radical (unpaired) electrons. The summed E-state index contributed by atoms with van der Waals surface area (Å²) in [5.74, 6) is 0. The fraction of sp³-hybridized carbons (Fsp3) is 1.00. The molecule has 0 saturated heterocycles. The highest BCUT2D eigenvalue weighted by molar-refractivity contribution is 4.86. The molecule has 1 aliphatic carbocycles. The third-order valence-corrected chi connectivity index (χ3v) is 3.65. The Labute approximate surface area is 94.8 Å². The van der Waals surface area contributed by atoms with Crippen LogP contribution in [0, 0.1) is 5.41 Å². The van der Waals surface area contributed by atoms with E-state index in [1.807, 2.05) is 0 Å². The summed E-state index contributed by atoms with van der Waals surface area (Å²) >= 11 is 0. The normalized spacial score (nSPS) is 19.6. The van der Waals surface area contributed by atoms with Crippen LogP contribution < -0.4 is 5.32 Å². The summed E-state index contributed by atoms with van der Waals surface area (Å²) in [7, 11) is 1.80. The van der Waals surface area contributed by atoms with Gasteiger partial charge in [-0.25, -0.2) is 0 Å². The highest BCUT2D eigenvalue weighted by Gasteiger charge is 2.32. The van der Waals surface area contributed by atoms with Crippen molar-refractivity contribution in [3.63, 3.8) is 0 Å². The topological polar surface area (TPSA) is 21.3 Å². The maximum absolute atomic E-state index is 5.15. The van der Waals surface area contributed by atoms with E-state index in [2.05, 4.69) is 12.2 Å². The first kappa shape index (κ1) is 13.0. The van der Waals surface area contributed by atoms with Gasteiger partial charge in [0.1, 0.15) is 0 Å². The second-order valence-corrected chi connectivity index (χ2v) is 4.98. The molecule has 0 atom stereocenters. The Bertz CT molecular complexity index is 141. The second kappa shape index (κ2) is 7.24. The molecular weight excluding hydrogens is 186 g/mol. The lowest BCUT2D eigenvalue weighted by molar-refractivity contribution is 0.164. The van der Waals surface area contributed by atoms with Gasteiger partial charge in [0, 0.05) is 20.3 Å². The number of hydrogen-bond donors (Lipinski definition) is 1. The molecule has 0 spiro atoms. The van der Waals surface area contributed by atoms with E-state index in [1.165, 1.54) is 58.0 Å². The van der Waals surface area contributed by atoms with Crippen molar-refractivity contribution in [1.29, 1.82) is 0 Å². The molecule has 2 nitrogen and oxygen atoms in total. The average molecular weight is 213 g/mol. The number of ether oxygens (including phenoxy) is 1. The van der Waals surface area contributed by atoms with Gasteiger partial charge in [-0.1, -0.05) is 19.8 Å². The van der Waals surface area contributed by atoms with Crippen LogP contribution in [0.4, 0.5) is 0 Å². The van der Waals surface area contributed by atoms with Crippen LogP contribution in [0.15, 0.2) is 0 Å². The molecule has 0 aromatic rings. The third kappa shape index (κ3) is 4.52. The summed E-state index contributed by atoms with van der Waals surface area (Å²) in [6, 6.07) is 0. The van der Waals surface area contributed by atoms with E-state index in [4.69, 9.17) is 4.74 Å². The molecule has 0 amide bonds. The molecule has 0 aromatic heterocycles. The standard InChI is InChI=1S/C13H27NO/c1-3-10-14-12-13(7-4-5-8-13)9-6-11-15-2/h14H,3-12H2,1-2H3.